The van der Waals surface area contributed by atoms with Crippen molar-refractivity contribution >= 4 is 39.3 Å². The fraction of sp³-hybridized carbons (Fsp3) is 0.280. The van der Waals surface area contributed by atoms with E-state index < -0.39 is 13.3 Å². The summed E-state index contributed by atoms with van der Waals surface area (Å²) in [4.78, 5) is 9.34. The van der Waals surface area contributed by atoms with Crippen LogP contribution in [0.3, 0.4) is 0 Å². The molecule has 0 radical (unpaired) electrons. The molecule has 3 heteroatoms. The van der Waals surface area contributed by atoms with Gasteiger partial charge in [-0.2, -0.15) is 0 Å². The number of aromatic nitrogens is 2. The quantitative estimate of drug-likeness (QED) is 0.277. The minimum atomic E-state index is -1.88. The SMILES string of the molecule is Cc1c[c]([Ge]([CH3])([CH3])[CH3])cc2ccc3c(-c4ccc(C(C)C)cc4)ncnc3c12. The van der Waals surface area contributed by atoms with E-state index in [0.29, 0.717) is 5.92 Å². The van der Waals surface area contributed by atoms with E-state index >= 15 is 0 Å². The first-order valence-corrected chi connectivity index (χ1v) is 17.4. The molecule has 3 aromatic carbocycles. The van der Waals surface area contributed by atoms with E-state index in [2.05, 4.69) is 91.6 Å². The van der Waals surface area contributed by atoms with Gasteiger partial charge in [-0.25, -0.2) is 0 Å². The van der Waals surface area contributed by atoms with Crippen LogP contribution < -0.4 is 4.40 Å². The van der Waals surface area contributed by atoms with Crippen LogP contribution in [0.15, 0.2) is 54.9 Å². The van der Waals surface area contributed by atoms with E-state index in [1.165, 1.54) is 21.9 Å². The molecule has 0 saturated carbocycles. The molecule has 142 valence electrons. The molecular weight excluding hydrogens is 401 g/mol. The fourth-order valence-electron chi connectivity index (χ4n) is 3.88. The van der Waals surface area contributed by atoms with Crippen molar-refractivity contribution in [3.8, 4) is 11.3 Å². The Kier molecular flexibility index (Phi) is 4.78. The molecule has 0 bridgehead atoms. The molecule has 0 aliphatic heterocycles. The molecule has 0 aliphatic rings. The molecule has 1 heterocycles. The van der Waals surface area contributed by atoms with E-state index in [-0.39, 0.29) is 0 Å². The molecule has 0 aliphatic carbocycles. The first kappa shape index (κ1) is 19.1. The van der Waals surface area contributed by atoms with Crippen LogP contribution >= 0.6 is 0 Å². The molecule has 0 fully saturated rings. The molecule has 0 saturated heterocycles. The van der Waals surface area contributed by atoms with Crippen molar-refractivity contribution < 1.29 is 0 Å². The van der Waals surface area contributed by atoms with Gasteiger partial charge in [-0.05, 0) is 0 Å². The van der Waals surface area contributed by atoms with Crippen LogP contribution in [0.4, 0.5) is 0 Å². The normalized spacial score (nSPS) is 12.2. The number of rotatable bonds is 3. The van der Waals surface area contributed by atoms with Gasteiger partial charge in [0.2, 0.25) is 0 Å². The van der Waals surface area contributed by atoms with Crippen LogP contribution in [-0.2, 0) is 0 Å². The summed E-state index contributed by atoms with van der Waals surface area (Å²) in [6.45, 7) is 6.66. The first-order valence-electron chi connectivity index (χ1n) is 10.0. The molecule has 0 amide bonds. The van der Waals surface area contributed by atoms with Crippen LogP contribution in [0.1, 0.15) is 30.9 Å². The Hall–Kier alpha value is -2.20. The second-order valence-electron chi connectivity index (χ2n) is 9.10. The summed E-state index contributed by atoms with van der Waals surface area (Å²) in [6, 6.07) is 18.0. The first-order chi connectivity index (χ1) is 13.3. The number of hydrogen-bond acceptors (Lipinski definition) is 2. The summed E-state index contributed by atoms with van der Waals surface area (Å²) in [6.07, 6.45) is 1.71. The summed E-state index contributed by atoms with van der Waals surface area (Å²) in [5.41, 5.74) is 5.89. The summed E-state index contributed by atoms with van der Waals surface area (Å²) < 4.78 is 1.54. The van der Waals surface area contributed by atoms with Crippen LogP contribution in [0, 0.1) is 6.92 Å². The average molecular weight is 429 g/mol. The third kappa shape index (κ3) is 3.35. The van der Waals surface area contributed by atoms with Crippen molar-refractivity contribution in [2.45, 2.75) is 44.0 Å². The van der Waals surface area contributed by atoms with Crippen LogP contribution in [0.5, 0.6) is 0 Å². The fourth-order valence-corrected chi connectivity index (χ4v) is 6.48. The molecule has 4 rings (SSSR count). The van der Waals surface area contributed by atoms with Gasteiger partial charge in [0.05, 0.1) is 0 Å². The van der Waals surface area contributed by atoms with E-state index in [0.717, 1.165) is 22.2 Å². The molecule has 0 N–H and O–H groups in total. The van der Waals surface area contributed by atoms with E-state index in [9.17, 15) is 0 Å². The molecule has 1 aromatic heterocycles. The summed E-state index contributed by atoms with van der Waals surface area (Å²) in [5.74, 6) is 7.87. The predicted octanol–water partition coefficient (Wildman–Crippen LogP) is 6.43. The van der Waals surface area contributed by atoms with E-state index in [4.69, 9.17) is 4.98 Å². The second-order valence-corrected chi connectivity index (χ2v) is 19.8. The van der Waals surface area contributed by atoms with Crippen molar-refractivity contribution in [1.29, 1.82) is 0 Å². The van der Waals surface area contributed by atoms with Gasteiger partial charge in [-0.15, -0.1) is 0 Å². The molecule has 0 atom stereocenters. The zero-order valence-electron chi connectivity index (χ0n) is 17.7. The zero-order valence-corrected chi connectivity index (χ0v) is 19.8. The maximum atomic E-state index is 4.70. The molecule has 0 unspecified atom stereocenters. The molecule has 2 nitrogen and oxygen atoms in total. The van der Waals surface area contributed by atoms with Crippen molar-refractivity contribution in [3.05, 3.63) is 66.0 Å². The van der Waals surface area contributed by atoms with Gasteiger partial charge in [-0.1, -0.05) is 13.8 Å². The zero-order chi connectivity index (χ0) is 20.1. The number of hydrogen-bond donors (Lipinski definition) is 0. The van der Waals surface area contributed by atoms with Crippen LogP contribution in [0.2, 0.25) is 17.3 Å². The van der Waals surface area contributed by atoms with Crippen molar-refractivity contribution in [1.82, 2.24) is 9.97 Å². The molecule has 0 spiro atoms. The number of benzene rings is 3. The number of aryl methyl sites for hydroxylation is 1. The molecule has 4 aromatic rings. The Bertz CT molecular complexity index is 1170. The van der Waals surface area contributed by atoms with Gasteiger partial charge >= 0.3 is 157 Å². The van der Waals surface area contributed by atoms with Gasteiger partial charge < -0.3 is 0 Å². The predicted molar refractivity (Wildman–Crippen MR) is 124 cm³/mol. The summed E-state index contributed by atoms with van der Waals surface area (Å²) >= 11 is -1.88. The Balaban J connectivity index is 1.95. The second kappa shape index (κ2) is 7.00. The van der Waals surface area contributed by atoms with Gasteiger partial charge in [-0.3, -0.25) is 0 Å². The monoisotopic (exact) mass is 430 g/mol. The van der Waals surface area contributed by atoms with Crippen molar-refractivity contribution in [2.75, 3.05) is 0 Å². The van der Waals surface area contributed by atoms with Gasteiger partial charge in [0.15, 0.2) is 0 Å². The Morgan fingerprint density at radius 3 is 2.21 bits per heavy atom. The minimum absolute atomic E-state index is 0.532. The summed E-state index contributed by atoms with van der Waals surface area (Å²) in [5, 5.41) is 3.68. The molecular formula is C25H28GeN2. The third-order valence-corrected chi connectivity index (χ3v) is 9.87. The Morgan fingerprint density at radius 2 is 1.57 bits per heavy atom. The van der Waals surface area contributed by atoms with Crippen molar-refractivity contribution in [3.63, 3.8) is 0 Å². The van der Waals surface area contributed by atoms with E-state index in [1.807, 2.05) is 0 Å². The standard InChI is InChI=1S/C25H28GeN2/c1-16(2)18-7-9-19(10-8-18)24-22-12-11-20-14-21(26(4,5)6)13-17(3)23(20)25(22)28-15-27-24/h7-16H,1-6H3. The van der Waals surface area contributed by atoms with Crippen LogP contribution in [0.25, 0.3) is 32.9 Å². The third-order valence-electron chi connectivity index (χ3n) is 5.63. The average Bonchev–Trinajstić information content (AvgIpc) is 2.66. The topological polar surface area (TPSA) is 25.8 Å². The van der Waals surface area contributed by atoms with Gasteiger partial charge in [0.1, 0.15) is 0 Å². The Morgan fingerprint density at radius 1 is 0.857 bits per heavy atom. The molecule has 28 heavy (non-hydrogen) atoms. The number of nitrogens with zero attached hydrogens (tertiary/aromatic N) is 2. The summed E-state index contributed by atoms with van der Waals surface area (Å²) in [7, 11) is 0. The van der Waals surface area contributed by atoms with Crippen molar-refractivity contribution in [2.24, 2.45) is 0 Å². The maximum absolute atomic E-state index is 4.70. The van der Waals surface area contributed by atoms with E-state index in [1.54, 1.807) is 10.7 Å². The van der Waals surface area contributed by atoms with Crippen LogP contribution in [-0.4, -0.2) is 23.2 Å². The number of fused-ring (bicyclic) bond motifs is 3. The Labute approximate surface area is 170 Å². The van der Waals surface area contributed by atoms with Gasteiger partial charge in [0.25, 0.3) is 0 Å². The van der Waals surface area contributed by atoms with Gasteiger partial charge in [0, 0.05) is 0 Å².